The number of hydrogen-bond acceptors (Lipinski definition) is 2. The first-order valence-corrected chi connectivity index (χ1v) is 2.25. The van der Waals surface area contributed by atoms with Crippen molar-refractivity contribution in [3.8, 4) is 0 Å². The van der Waals surface area contributed by atoms with E-state index in [-0.39, 0.29) is 6.61 Å². The second kappa shape index (κ2) is 3.21. The molecule has 0 aromatic rings. The molecule has 0 saturated carbocycles. The minimum atomic E-state index is -0.588. The van der Waals surface area contributed by atoms with Gasteiger partial charge in [-0.1, -0.05) is 6.08 Å². The smallest absolute Gasteiger partial charge is 0.226 e. The molecule has 46 valence electrons. The fraction of sp³-hybridized carbons (Fsp3) is 0.400. The molecule has 0 spiro atoms. The lowest BCUT2D eigenvalue weighted by Gasteiger charge is -1.99. The van der Waals surface area contributed by atoms with E-state index in [2.05, 4.69) is 6.58 Å². The van der Waals surface area contributed by atoms with Crippen molar-refractivity contribution < 1.29 is 9.90 Å². The van der Waals surface area contributed by atoms with Crippen LogP contribution in [-0.2, 0) is 4.79 Å². The highest BCUT2D eigenvalue weighted by molar-refractivity contribution is 5.78. The number of rotatable bonds is 3. The van der Waals surface area contributed by atoms with Gasteiger partial charge in [0.1, 0.15) is 0 Å². The van der Waals surface area contributed by atoms with E-state index in [4.69, 9.17) is 10.8 Å². The van der Waals surface area contributed by atoms with E-state index in [1.54, 1.807) is 0 Å². The number of carbonyl (C=O) groups is 1. The van der Waals surface area contributed by atoms with Crippen molar-refractivity contribution in [2.75, 3.05) is 6.61 Å². The summed E-state index contributed by atoms with van der Waals surface area (Å²) in [4.78, 5) is 10.2. The lowest BCUT2D eigenvalue weighted by Crippen LogP contribution is -2.23. The first-order chi connectivity index (χ1) is 3.72. The zero-order chi connectivity index (χ0) is 6.57. The molecule has 0 aromatic heterocycles. The van der Waals surface area contributed by atoms with Crippen LogP contribution in [0.3, 0.4) is 0 Å². The molecule has 3 nitrogen and oxygen atoms in total. The molecule has 0 radical (unpaired) electrons. The van der Waals surface area contributed by atoms with Gasteiger partial charge in [0.2, 0.25) is 5.91 Å². The summed E-state index contributed by atoms with van der Waals surface area (Å²) in [7, 11) is 0. The summed E-state index contributed by atoms with van der Waals surface area (Å²) in [5.41, 5.74) is 4.79. The Morgan fingerprint density at radius 1 is 2.00 bits per heavy atom. The van der Waals surface area contributed by atoms with Crippen LogP contribution >= 0.6 is 0 Å². The maximum Gasteiger partial charge on any atom is 0.226 e. The van der Waals surface area contributed by atoms with Gasteiger partial charge in [-0.25, -0.2) is 0 Å². The molecule has 0 bridgehead atoms. The molecule has 0 aromatic carbocycles. The fourth-order valence-corrected chi connectivity index (χ4v) is 0.281. The summed E-state index contributed by atoms with van der Waals surface area (Å²) in [5, 5.41) is 8.32. The van der Waals surface area contributed by atoms with Gasteiger partial charge in [0, 0.05) is 0 Å². The SMILES string of the molecule is C=CC(CO)C(N)=O. The van der Waals surface area contributed by atoms with Gasteiger partial charge in [-0.2, -0.15) is 0 Å². The number of amides is 1. The number of hydrogen-bond donors (Lipinski definition) is 2. The molecule has 1 atom stereocenters. The average Bonchev–Trinajstić information content (AvgIpc) is 1.69. The zero-order valence-electron chi connectivity index (χ0n) is 4.50. The van der Waals surface area contributed by atoms with Crippen molar-refractivity contribution in [2.24, 2.45) is 11.7 Å². The van der Waals surface area contributed by atoms with Gasteiger partial charge < -0.3 is 10.8 Å². The fourth-order valence-electron chi connectivity index (χ4n) is 0.281. The van der Waals surface area contributed by atoms with Gasteiger partial charge in [0.05, 0.1) is 12.5 Å². The summed E-state index contributed by atoms with van der Waals surface area (Å²) >= 11 is 0. The monoisotopic (exact) mass is 115 g/mol. The van der Waals surface area contributed by atoms with E-state index < -0.39 is 11.8 Å². The summed E-state index contributed by atoms with van der Waals surface area (Å²) in [6.07, 6.45) is 1.32. The van der Waals surface area contributed by atoms with Crippen LogP contribution in [0.2, 0.25) is 0 Å². The highest BCUT2D eigenvalue weighted by Crippen LogP contribution is 1.91. The Labute approximate surface area is 47.8 Å². The quantitative estimate of drug-likeness (QED) is 0.476. The molecule has 0 aliphatic rings. The number of aliphatic hydroxyl groups is 1. The maximum absolute atomic E-state index is 10.2. The average molecular weight is 115 g/mol. The lowest BCUT2D eigenvalue weighted by atomic mass is 10.1. The van der Waals surface area contributed by atoms with E-state index in [0.717, 1.165) is 0 Å². The van der Waals surface area contributed by atoms with Crippen LogP contribution in [0.15, 0.2) is 12.7 Å². The second-order valence-electron chi connectivity index (χ2n) is 1.43. The van der Waals surface area contributed by atoms with Crippen molar-refractivity contribution in [1.29, 1.82) is 0 Å². The molecule has 1 amide bonds. The third-order valence-corrected chi connectivity index (χ3v) is 0.847. The topological polar surface area (TPSA) is 63.3 Å². The zero-order valence-corrected chi connectivity index (χ0v) is 4.50. The molecular formula is C5H9NO2. The lowest BCUT2D eigenvalue weighted by molar-refractivity contribution is -0.121. The van der Waals surface area contributed by atoms with Gasteiger partial charge in [-0.05, 0) is 0 Å². The number of carbonyl (C=O) groups excluding carboxylic acids is 1. The van der Waals surface area contributed by atoms with Crippen LogP contribution in [0.5, 0.6) is 0 Å². The molecule has 0 rings (SSSR count). The normalized spacial score (nSPS) is 12.6. The number of primary amides is 1. The van der Waals surface area contributed by atoms with Crippen molar-refractivity contribution in [1.82, 2.24) is 0 Å². The molecule has 0 aliphatic heterocycles. The van der Waals surface area contributed by atoms with E-state index in [1.165, 1.54) is 6.08 Å². The minimum absolute atomic E-state index is 0.251. The molecule has 8 heavy (non-hydrogen) atoms. The minimum Gasteiger partial charge on any atom is -0.395 e. The predicted octanol–water partition coefficient (Wildman–Crippen LogP) is -0.734. The Hall–Kier alpha value is -0.830. The van der Waals surface area contributed by atoms with Gasteiger partial charge in [-0.3, -0.25) is 4.79 Å². The van der Waals surface area contributed by atoms with Crippen LogP contribution < -0.4 is 5.73 Å². The predicted molar refractivity (Wildman–Crippen MR) is 30.0 cm³/mol. The first kappa shape index (κ1) is 7.17. The van der Waals surface area contributed by atoms with Crippen LogP contribution in [0.4, 0.5) is 0 Å². The van der Waals surface area contributed by atoms with Crippen molar-refractivity contribution in [3.63, 3.8) is 0 Å². The second-order valence-corrected chi connectivity index (χ2v) is 1.43. The molecule has 0 heterocycles. The van der Waals surface area contributed by atoms with Crippen LogP contribution in [0, 0.1) is 5.92 Å². The Morgan fingerprint density at radius 3 is 2.50 bits per heavy atom. The largest absolute Gasteiger partial charge is 0.395 e. The Bertz CT molecular complexity index is 101. The molecular weight excluding hydrogens is 106 g/mol. The summed E-state index contributed by atoms with van der Waals surface area (Å²) in [6, 6.07) is 0. The Kier molecular flexibility index (Phi) is 2.88. The van der Waals surface area contributed by atoms with Crippen molar-refractivity contribution >= 4 is 5.91 Å². The third kappa shape index (κ3) is 1.75. The van der Waals surface area contributed by atoms with Gasteiger partial charge in [0.25, 0.3) is 0 Å². The highest BCUT2D eigenvalue weighted by atomic mass is 16.3. The highest BCUT2D eigenvalue weighted by Gasteiger charge is 2.06. The molecule has 0 aliphatic carbocycles. The molecule has 3 heteroatoms. The Balaban J connectivity index is 3.69. The van der Waals surface area contributed by atoms with E-state index in [9.17, 15) is 4.79 Å². The number of aliphatic hydroxyl groups excluding tert-OH is 1. The first-order valence-electron chi connectivity index (χ1n) is 2.25. The summed E-state index contributed by atoms with van der Waals surface area (Å²) < 4.78 is 0. The van der Waals surface area contributed by atoms with E-state index in [1.807, 2.05) is 0 Å². The molecule has 3 N–H and O–H groups in total. The Morgan fingerprint density at radius 2 is 2.50 bits per heavy atom. The van der Waals surface area contributed by atoms with Crippen LogP contribution in [0.1, 0.15) is 0 Å². The van der Waals surface area contributed by atoms with Gasteiger partial charge in [-0.15, -0.1) is 6.58 Å². The summed E-state index contributed by atoms with van der Waals surface area (Å²) in [5.74, 6) is -1.13. The van der Waals surface area contributed by atoms with Crippen LogP contribution in [-0.4, -0.2) is 17.6 Å². The van der Waals surface area contributed by atoms with Gasteiger partial charge >= 0.3 is 0 Å². The summed E-state index contributed by atoms with van der Waals surface area (Å²) in [6.45, 7) is 3.04. The molecule has 0 saturated heterocycles. The maximum atomic E-state index is 10.2. The number of nitrogens with two attached hydrogens (primary N) is 1. The van der Waals surface area contributed by atoms with Crippen molar-refractivity contribution in [2.45, 2.75) is 0 Å². The molecule has 1 unspecified atom stereocenters. The van der Waals surface area contributed by atoms with E-state index in [0.29, 0.717) is 0 Å². The van der Waals surface area contributed by atoms with Crippen LogP contribution in [0.25, 0.3) is 0 Å². The van der Waals surface area contributed by atoms with E-state index >= 15 is 0 Å². The third-order valence-electron chi connectivity index (χ3n) is 0.847. The van der Waals surface area contributed by atoms with Crippen molar-refractivity contribution in [3.05, 3.63) is 12.7 Å². The standard InChI is InChI=1S/C5H9NO2/c1-2-4(3-7)5(6)8/h2,4,7H,1,3H2,(H2,6,8). The molecule has 0 fully saturated rings. The van der Waals surface area contributed by atoms with Gasteiger partial charge in [0.15, 0.2) is 0 Å².